The Morgan fingerprint density at radius 3 is 2.71 bits per heavy atom. The molecule has 0 bridgehead atoms. The summed E-state index contributed by atoms with van der Waals surface area (Å²) in [5.41, 5.74) is 2.23. The fraction of sp³-hybridized carbons (Fsp3) is 0.812. The maximum atomic E-state index is 5.97. The van der Waals surface area contributed by atoms with E-state index in [-0.39, 0.29) is 11.6 Å². The van der Waals surface area contributed by atoms with Crippen molar-refractivity contribution in [2.24, 2.45) is 0 Å². The van der Waals surface area contributed by atoms with E-state index in [1.165, 1.54) is 5.69 Å². The Bertz CT molecular complexity index is 439. The molecule has 1 aromatic rings. The molecule has 0 radical (unpaired) electrons. The second kappa shape index (κ2) is 7.38. The van der Waals surface area contributed by atoms with Gasteiger partial charge in [0.05, 0.1) is 11.3 Å². The fourth-order valence-electron chi connectivity index (χ4n) is 3.35. The lowest BCUT2D eigenvalue weighted by Gasteiger charge is -2.42. The fourth-order valence-corrected chi connectivity index (χ4v) is 3.35. The topological polar surface area (TPSA) is 48.3 Å². The first-order valence-electron chi connectivity index (χ1n) is 8.04. The Hall–Kier alpha value is -0.910. The van der Waals surface area contributed by atoms with Crippen LogP contribution in [0.15, 0.2) is 6.07 Å². The van der Waals surface area contributed by atoms with Gasteiger partial charge in [0.2, 0.25) is 0 Å². The maximum Gasteiger partial charge on any atom is 0.0878 e. The lowest BCUT2D eigenvalue weighted by Crippen LogP contribution is -2.56. The number of nitrogens with zero attached hydrogens (tertiary/aromatic N) is 2. The number of hydrogen-bond acceptors (Lipinski definition) is 4. The molecule has 120 valence electrons. The molecule has 0 spiro atoms. The first kappa shape index (κ1) is 16.5. The number of ether oxygens (including phenoxy) is 2. The molecule has 21 heavy (non-hydrogen) atoms. The average molecular weight is 295 g/mol. The summed E-state index contributed by atoms with van der Waals surface area (Å²) < 4.78 is 13.6. The summed E-state index contributed by atoms with van der Waals surface area (Å²) in [6.45, 7) is 9.75. The van der Waals surface area contributed by atoms with Gasteiger partial charge in [0, 0.05) is 57.9 Å². The van der Waals surface area contributed by atoms with Crippen LogP contribution in [0.5, 0.6) is 0 Å². The molecule has 1 aliphatic rings. The van der Waals surface area contributed by atoms with Gasteiger partial charge in [0.15, 0.2) is 0 Å². The molecular weight excluding hydrogens is 266 g/mol. The summed E-state index contributed by atoms with van der Waals surface area (Å²) >= 11 is 0. The zero-order valence-corrected chi connectivity index (χ0v) is 13.8. The van der Waals surface area contributed by atoms with Crippen molar-refractivity contribution in [3.63, 3.8) is 0 Å². The first-order valence-corrected chi connectivity index (χ1v) is 8.04. The van der Waals surface area contributed by atoms with Crippen LogP contribution in [0, 0.1) is 6.92 Å². The van der Waals surface area contributed by atoms with Crippen molar-refractivity contribution in [2.45, 2.75) is 58.2 Å². The quantitative estimate of drug-likeness (QED) is 0.835. The number of methoxy groups -OCH3 is 1. The number of hydrogen-bond donors (Lipinski definition) is 1. The smallest absolute Gasteiger partial charge is 0.0878 e. The minimum Gasteiger partial charge on any atom is -0.381 e. The van der Waals surface area contributed by atoms with Crippen LogP contribution < -0.4 is 5.32 Å². The minimum absolute atomic E-state index is 0.134. The van der Waals surface area contributed by atoms with Crippen molar-refractivity contribution in [2.75, 3.05) is 26.9 Å². The van der Waals surface area contributed by atoms with Gasteiger partial charge in [-0.05, 0) is 26.5 Å². The van der Waals surface area contributed by atoms with Crippen molar-refractivity contribution in [3.05, 3.63) is 17.5 Å². The molecule has 2 rings (SSSR count). The van der Waals surface area contributed by atoms with E-state index in [0.717, 1.165) is 51.3 Å². The van der Waals surface area contributed by atoms with Crippen LogP contribution >= 0.6 is 0 Å². The highest BCUT2D eigenvalue weighted by Crippen LogP contribution is 2.30. The van der Waals surface area contributed by atoms with Crippen molar-refractivity contribution >= 4 is 0 Å². The van der Waals surface area contributed by atoms with Crippen LogP contribution in [0.3, 0.4) is 0 Å². The largest absolute Gasteiger partial charge is 0.381 e. The molecule has 1 unspecified atom stereocenters. The van der Waals surface area contributed by atoms with E-state index in [0.29, 0.717) is 0 Å². The Balaban J connectivity index is 2.21. The van der Waals surface area contributed by atoms with E-state index in [9.17, 15) is 0 Å². The number of aromatic nitrogens is 2. The van der Waals surface area contributed by atoms with Crippen LogP contribution in [0.2, 0.25) is 0 Å². The number of likely N-dealkylation sites (N-methyl/N-ethyl adjacent to an activating group) is 1. The highest BCUT2D eigenvalue weighted by atomic mass is 16.5. The van der Waals surface area contributed by atoms with Crippen molar-refractivity contribution < 1.29 is 9.47 Å². The predicted molar refractivity (Wildman–Crippen MR) is 83.6 cm³/mol. The molecule has 1 fully saturated rings. The lowest BCUT2D eigenvalue weighted by atomic mass is 9.83. The molecule has 0 amide bonds. The Morgan fingerprint density at radius 2 is 2.14 bits per heavy atom. The first-order chi connectivity index (χ1) is 10.1. The van der Waals surface area contributed by atoms with Crippen LogP contribution in [-0.2, 0) is 22.4 Å². The van der Waals surface area contributed by atoms with Gasteiger partial charge in [-0.15, -0.1) is 0 Å². The van der Waals surface area contributed by atoms with Crippen LogP contribution in [-0.4, -0.2) is 48.3 Å². The number of rotatable bonds is 7. The van der Waals surface area contributed by atoms with E-state index in [2.05, 4.69) is 41.9 Å². The van der Waals surface area contributed by atoms with E-state index in [1.54, 1.807) is 0 Å². The molecule has 1 atom stereocenters. The van der Waals surface area contributed by atoms with E-state index < -0.39 is 0 Å². The Morgan fingerprint density at radius 1 is 1.43 bits per heavy atom. The third-order valence-corrected chi connectivity index (χ3v) is 4.53. The Labute approximate surface area is 128 Å². The SMILES string of the molecule is CCNC(Cc1cc(C)nn1CC)C1(OC)CCOCC1. The van der Waals surface area contributed by atoms with Crippen molar-refractivity contribution in [3.8, 4) is 0 Å². The van der Waals surface area contributed by atoms with Gasteiger partial charge in [-0.3, -0.25) is 4.68 Å². The highest BCUT2D eigenvalue weighted by molar-refractivity contribution is 5.13. The standard InChI is InChI=1S/C16H29N3O2/c1-5-17-15(16(20-4)7-9-21-10-8-16)12-14-11-13(3)18-19(14)6-2/h11,15,17H,5-10,12H2,1-4H3. The summed E-state index contributed by atoms with van der Waals surface area (Å²) in [5, 5.41) is 8.19. The third kappa shape index (κ3) is 3.65. The summed E-state index contributed by atoms with van der Waals surface area (Å²) in [7, 11) is 1.83. The molecule has 1 saturated heterocycles. The summed E-state index contributed by atoms with van der Waals surface area (Å²) in [6, 6.07) is 2.48. The molecule has 1 aromatic heterocycles. The predicted octanol–water partition coefficient (Wildman–Crippen LogP) is 1.93. The van der Waals surface area contributed by atoms with Gasteiger partial charge in [0.1, 0.15) is 0 Å². The highest BCUT2D eigenvalue weighted by Gasteiger charge is 2.40. The normalized spacial score (nSPS) is 19.6. The molecule has 5 nitrogen and oxygen atoms in total. The van der Waals surface area contributed by atoms with E-state index in [1.807, 2.05) is 7.11 Å². The average Bonchev–Trinajstić information content (AvgIpc) is 2.87. The summed E-state index contributed by atoms with van der Waals surface area (Å²) in [6.07, 6.45) is 2.83. The summed E-state index contributed by atoms with van der Waals surface area (Å²) in [5.74, 6) is 0. The van der Waals surface area contributed by atoms with Crippen molar-refractivity contribution in [1.82, 2.24) is 15.1 Å². The van der Waals surface area contributed by atoms with Crippen molar-refractivity contribution in [1.29, 1.82) is 0 Å². The molecule has 5 heteroatoms. The van der Waals surface area contributed by atoms with Crippen LogP contribution in [0.1, 0.15) is 38.1 Å². The number of aryl methyl sites for hydroxylation is 2. The van der Waals surface area contributed by atoms with Crippen LogP contribution in [0.4, 0.5) is 0 Å². The maximum absolute atomic E-state index is 5.97. The molecule has 1 N–H and O–H groups in total. The van der Waals surface area contributed by atoms with Gasteiger partial charge in [-0.2, -0.15) is 5.10 Å². The zero-order chi connectivity index (χ0) is 15.3. The monoisotopic (exact) mass is 295 g/mol. The molecule has 2 heterocycles. The van der Waals surface area contributed by atoms with Gasteiger partial charge in [0.25, 0.3) is 0 Å². The van der Waals surface area contributed by atoms with E-state index >= 15 is 0 Å². The van der Waals surface area contributed by atoms with Gasteiger partial charge >= 0.3 is 0 Å². The zero-order valence-electron chi connectivity index (χ0n) is 13.8. The third-order valence-electron chi connectivity index (χ3n) is 4.53. The van der Waals surface area contributed by atoms with E-state index in [4.69, 9.17) is 9.47 Å². The minimum atomic E-state index is -0.134. The van der Waals surface area contributed by atoms with Gasteiger partial charge in [-0.1, -0.05) is 6.92 Å². The molecule has 0 aliphatic carbocycles. The lowest BCUT2D eigenvalue weighted by molar-refractivity contribution is -0.110. The molecular formula is C16H29N3O2. The van der Waals surface area contributed by atoms with Gasteiger partial charge in [-0.25, -0.2) is 0 Å². The van der Waals surface area contributed by atoms with Crippen LogP contribution in [0.25, 0.3) is 0 Å². The molecule has 1 aliphatic heterocycles. The molecule has 0 saturated carbocycles. The summed E-state index contributed by atoms with van der Waals surface area (Å²) in [4.78, 5) is 0. The Kier molecular flexibility index (Phi) is 5.79. The second-order valence-corrected chi connectivity index (χ2v) is 5.79. The van der Waals surface area contributed by atoms with Gasteiger partial charge < -0.3 is 14.8 Å². The number of nitrogens with one attached hydrogen (secondary N) is 1. The second-order valence-electron chi connectivity index (χ2n) is 5.79. The molecule has 0 aromatic carbocycles.